The first-order chi connectivity index (χ1) is 9.22. The molecule has 0 aliphatic heterocycles. The van der Waals surface area contributed by atoms with Gasteiger partial charge in [-0.1, -0.05) is 39.0 Å². The number of aromatic nitrogens is 2. The molecule has 9 heteroatoms. The molecule has 0 bridgehead atoms. The van der Waals surface area contributed by atoms with Crippen molar-refractivity contribution in [2.75, 3.05) is 11.9 Å². The lowest BCUT2D eigenvalue weighted by atomic mass is 10.1. The van der Waals surface area contributed by atoms with Crippen LogP contribution in [0.15, 0.2) is 4.34 Å². The summed E-state index contributed by atoms with van der Waals surface area (Å²) in [5.41, 5.74) is 0. The highest BCUT2D eigenvalue weighted by molar-refractivity contribution is 7.91. The molecule has 0 aliphatic carbocycles. The molecule has 0 aliphatic rings. The predicted octanol–water partition coefficient (Wildman–Crippen LogP) is 1.46. The smallest absolute Gasteiger partial charge is 0.269 e. The molecule has 114 valence electrons. The molecule has 1 amide bonds. The van der Waals surface area contributed by atoms with Gasteiger partial charge in [-0.25, -0.2) is 13.1 Å². The molecule has 2 N–H and O–H groups in total. The number of carbonyl (C=O) groups is 1. The van der Waals surface area contributed by atoms with Crippen LogP contribution in [0.4, 0.5) is 5.13 Å². The topological polar surface area (TPSA) is 101 Å². The predicted molar refractivity (Wildman–Crippen MR) is 78.0 cm³/mol. The molecule has 0 saturated carbocycles. The van der Waals surface area contributed by atoms with E-state index in [1.54, 1.807) is 13.8 Å². The van der Waals surface area contributed by atoms with Crippen molar-refractivity contribution in [1.82, 2.24) is 14.9 Å². The Hall–Kier alpha value is -1.06. The number of sulfonamides is 1. The minimum absolute atomic E-state index is 0.139. The Morgan fingerprint density at radius 2 is 1.90 bits per heavy atom. The van der Waals surface area contributed by atoms with Crippen LogP contribution in [0, 0.1) is 11.8 Å². The Balaban J connectivity index is 2.68. The summed E-state index contributed by atoms with van der Waals surface area (Å²) in [4.78, 5) is 11.5. The van der Waals surface area contributed by atoms with Gasteiger partial charge in [0.2, 0.25) is 15.4 Å². The Morgan fingerprint density at radius 1 is 1.25 bits per heavy atom. The second kappa shape index (κ2) is 7.09. The zero-order valence-corrected chi connectivity index (χ0v) is 13.6. The average molecular weight is 320 g/mol. The molecular formula is C11H20N4O3S2. The van der Waals surface area contributed by atoms with Crippen molar-refractivity contribution in [2.24, 2.45) is 11.8 Å². The second-order valence-corrected chi connectivity index (χ2v) is 8.02. The van der Waals surface area contributed by atoms with E-state index in [4.69, 9.17) is 0 Å². The number of rotatable bonds is 7. The van der Waals surface area contributed by atoms with Crippen molar-refractivity contribution in [2.45, 2.75) is 38.5 Å². The standard InChI is InChI=1S/C11H20N4O3S2/c1-7(2)5-6-12-20(17,18)11-15-14-10(19-11)13-9(16)8(3)4/h7-8,12H,5-6H2,1-4H3,(H,13,14,16). The summed E-state index contributed by atoms with van der Waals surface area (Å²) in [6, 6.07) is 0. The van der Waals surface area contributed by atoms with Crippen LogP contribution < -0.4 is 10.0 Å². The third kappa shape index (κ3) is 5.14. The number of nitrogens with zero attached hydrogens (tertiary/aromatic N) is 2. The normalized spacial score (nSPS) is 12.1. The van der Waals surface area contributed by atoms with Gasteiger partial charge in [0, 0.05) is 12.5 Å². The van der Waals surface area contributed by atoms with E-state index in [0.29, 0.717) is 12.5 Å². The monoisotopic (exact) mass is 320 g/mol. The number of anilines is 1. The summed E-state index contributed by atoms with van der Waals surface area (Å²) >= 11 is 0.840. The molecule has 0 fully saturated rings. The summed E-state index contributed by atoms with van der Waals surface area (Å²) in [5.74, 6) is -0.0194. The van der Waals surface area contributed by atoms with Crippen LogP contribution >= 0.6 is 11.3 Å². The van der Waals surface area contributed by atoms with E-state index in [2.05, 4.69) is 20.2 Å². The average Bonchev–Trinajstić information content (AvgIpc) is 2.77. The van der Waals surface area contributed by atoms with Gasteiger partial charge in [-0.3, -0.25) is 4.79 Å². The molecule has 0 aromatic carbocycles. The van der Waals surface area contributed by atoms with E-state index in [0.717, 1.165) is 17.8 Å². The minimum atomic E-state index is -3.65. The zero-order valence-electron chi connectivity index (χ0n) is 12.0. The molecule has 0 spiro atoms. The van der Waals surface area contributed by atoms with E-state index in [9.17, 15) is 13.2 Å². The van der Waals surface area contributed by atoms with Gasteiger partial charge in [0.25, 0.3) is 10.0 Å². The molecule has 0 radical (unpaired) electrons. The quantitative estimate of drug-likeness (QED) is 0.741. The maximum atomic E-state index is 11.9. The Morgan fingerprint density at radius 3 is 2.45 bits per heavy atom. The van der Waals surface area contributed by atoms with Crippen LogP contribution in [-0.4, -0.2) is 31.1 Å². The van der Waals surface area contributed by atoms with E-state index in [1.165, 1.54) is 0 Å². The first-order valence-electron chi connectivity index (χ1n) is 6.36. The molecule has 0 unspecified atom stereocenters. The minimum Gasteiger partial charge on any atom is -0.300 e. The van der Waals surface area contributed by atoms with E-state index in [1.807, 2.05) is 13.8 Å². The van der Waals surface area contributed by atoms with Crippen molar-refractivity contribution in [3.63, 3.8) is 0 Å². The first-order valence-corrected chi connectivity index (χ1v) is 8.66. The second-order valence-electron chi connectivity index (χ2n) is 5.10. The van der Waals surface area contributed by atoms with Crippen molar-refractivity contribution in [1.29, 1.82) is 0 Å². The van der Waals surface area contributed by atoms with E-state index in [-0.39, 0.29) is 21.3 Å². The van der Waals surface area contributed by atoms with Crippen LogP contribution in [0.1, 0.15) is 34.1 Å². The molecule has 7 nitrogen and oxygen atoms in total. The van der Waals surface area contributed by atoms with Gasteiger partial charge >= 0.3 is 0 Å². The fourth-order valence-electron chi connectivity index (χ4n) is 1.16. The van der Waals surface area contributed by atoms with Crippen molar-refractivity contribution >= 4 is 32.4 Å². The number of hydrogen-bond acceptors (Lipinski definition) is 6. The van der Waals surface area contributed by atoms with Crippen molar-refractivity contribution in [3.8, 4) is 0 Å². The van der Waals surface area contributed by atoms with Crippen LogP contribution in [0.2, 0.25) is 0 Å². The van der Waals surface area contributed by atoms with Crippen molar-refractivity contribution in [3.05, 3.63) is 0 Å². The third-order valence-electron chi connectivity index (χ3n) is 2.40. The van der Waals surface area contributed by atoms with Gasteiger partial charge in [0.15, 0.2) is 0 Å². The van der Waals surface area contributed by atoms with Gasteiger partial charge in [-0.2, -0.15) is 0 Å². The highest BCUT2D eigenvalue weighted by Crippen LogP contribution is 2.20. The van der Waals surface area contributed by atoms with Gasteiger partial charge in [-0.15, -0.1) is 10.2 Å². The zero-order chi connectivity index (χ0) is 15.3. The van der Waals surface area contributed by atoms with Gasteiger partial charge in [0.1, 0.15) is 0 Å². The molecule has 0 saturated heterocycles. The SMILES string of the molecule is CC(C)CCNS(=O)(=O)c1nnc(NC(=O)C(C)C)s1. The summed E-state index contributed by atoms with van der Waals surface area (Å²) in [6.45, 7) is 7.86. The van der Waals surface area contributed by atoms with Gasteiger partial charge in [-0.05, 0) is 12.3 Å². The van der Waals surface area contributed by atoms with Gasteiger partial charge in [0.05, 0.1) is 0 Å². The molecule has 1 aromatic rings. The molecule has 1 heterocycles. The lowest BCUT2D eigenvalue weighted by Gasteiger charge is -2.05. The first kappa shape index (κ1) is 17.0. The highest BCUT2D eigenvalue weighted by atomic mass is 32.2. The lowest BCUT2D eigenvalue weighted by Crippen LogP contribution is -2.25. The summed E-state index contributed by atoms with van der Waals surface area (Å²) < 4.78 is 26.2. The summed E-state index contributed by atoms with van der Waals surface area (Å²) in [6.07, 6.45) is 0.745. The number of hydrogen-bond donors (Lipinski definition) is 2. The van der Waals surface area contributed by atoms with Crippen molar-refractivity contribution < 1.29 is 13.2 Å². The lowest BCUT2D eigenvalue weighted by molar-refractivity contribution is -0.118. The molecule has 1 aromatic heterocycles. The maximum absolute atomic E-state index is 11.9. The maximum Gasteiger partial charge on any atom is 0.269 e. The Kier molecular flexibility index (Phi) is 6.03. The fourth-order valence-corrected chi connectivity index (χ4v) is 3.15. The Bertz CT molecular complexity index is 552. The number of carbonyl (C=O) groups excluding carboxylic acids is 1. The number of nitrogens with one attached hydrogen (secondary N) is 2. The van der Waals surface area contributed by atoms with Crippen LogP contribution in [0.3, 0.4) is 0 Å². The molecule has 0 atom stereocenters. The molecule has 20 heavy (non-hydrogen) atoms. The highest BCUT2D eigenvalue weighted by Gasteiger charge is 2.20. The van der Waals surface area contributed by atoms with Crippen LogP contribution in [0.5, 0.6) is 0 Å². The van der Waals surface area contributed by atoms with E-state index >= 15 is 0 Å². The fraction of sp³-hybridized carbons (Fsp3) is 0.727. The molecular weight excluding hydrogens is 300 g/mol. The van der Waals surface area contributed by atoms with E-state index < -0.39 is 10.0 Å². The molecule has 1 rings (SSSR count). The summed E-state index contributed by atoms with van der Waals surface area (Å²) in [5, 5.41) is 9.98. The summed E-state index contributed by atoms with van der Waals surface area (Å²) in [7, 11) is -3.65. The Labute approximate surface area is 123 Å². The third-order valence-corrected chi connectivity index (χ3v) is 5.07. The number of amides is 1. The van der Waals surface area contributed by atoms with Crippen LogP contribution in [-0.2, 0) is 14.8 Å². The largest absolute Gasteiger partial charge is 0.300 e. The van der Waals surface area contributed by atoms with Crippen LogP contribution in [0.25, 0.3) is 0 Å². The van der Waals surface area contributed by atoms with Gasteiger partial charge < -0.3 is 5.32 Å².